The number of nitrogens with zero attached hydrogens (tertiary/aromatic N) is 5. The molecule has 1 atom stereocenters. The van der Waals surface area contributed by atoms with Gasteiger partial charge in [0.25, 0.3) is 10.0 Å². The summed E-state index contributed by atoms with van der Waals surface area (Å²) in [6.45, 7) is 8.44. The van der Waals surface area contributed by atoms with Crippen molar-refractivity contribution in [1.82, 2.24) is 24.4 Å². The Morgan fingerprint density at radius 3 is 2.58 bits per heavy atom. The number of benzene rings is 3. The quantitative estimate of drug-likeness (QED) is 0.159. The van der Waals surface area contributed by atoms with Crippen LogP contribution < -0.4 is 14.8 Å². The first-order valence-electron chi connectivity index (χ1n) is 17.3. The molecule has 0 aliphatic carbocycles. The molecule has 4 heterocycles. The van der Waals surface area contributed by atoms with Gasteiger partial charge >= 0.3 is 6.09 Å². The van der Waals surface area contributed by atoms with Gasteiger partial charge in [-0.15, -0.1) is 0 Å². The molecule has 0 spiro atoms. The molecule has 274 valence electrons. The summed E-state index contributed by atoms with van der Waals surface area (Å²) in [4.78, 5) is 28.2. The van der Waals surface area contributed by atoms with E-state index in [4.69, 9.17) is 14.5 Å². The minimum absolute atomic E-state index is 0.0382. The average Bonchev–Trinajstić information content (AvgIpc) is 3.50. The van der Waals surface area contributed by atoms with Gasteiger partial charge in [-0.25, -0.2) is 32.6 Å². The number of halogens is 1. The van der Waals surface area contributed by atoms with Crippen LogP contribution in [-0.4, -0.2) is 63.7 Å². The molecule has 1 fully saturated rings. The first-order chi connectivity index (χ1) is 25.3. The van der Waals surface area contributed by atoms with Crippen molar-refractivity contribution in [2.24, 2.45) is 7.05 Å². The van der Waals surface area contributed by atoms with Gasteiger partial charge in [-0.05, 0) is 94.6 Å². The highest BCUT2D eigenvalue weighted by Gasteiger charge is 2.28. The third-order valence-electron chi connectivity index (χ3n) is 9.02. The minimum atomic E-state index is -4.20. The monoisotopic (exact) mass is 737 g/mol. The van der Waals surface area contributed by atoms with Gasteiger partial charge in [0.1, 0.15) is 17.2 Å². The molecule has 0 unspecified atom stereocenters. The van der Waals surface area contributed by atoms with E-state index in [1.807, 2.05) is 51.4 Å². The third-order valence-corrected chi connectivity index (χ3v) is 10.4. The first kappa shape index (κ1) is 35.6. The van der Waals surface area contributed by atoms with Crippen molar-refractivity contribution in [3.63, 3.8) is 0 Å². The summed E-state index contributed by atoms with van der Waals surface area (Å²) < 4.78 is 59.4. The topological polar surface area (TPSA) is 141 Å². The summed E-state index contributed by atoms with van der Waals surface area (Å²) in [5, 5.41) is 4.69. The highest BCUT2D eigenvalue weighted by molar-refractivity contribution is 7.93. The molecule has 2 N–H and O–H groups in total. The molecule has 1 amide bonds. The molecule has 0 bridgehead atoms. The van der Waals surface area contributed by atoms with Gasteiger partial charge < -0.3 is 24.3 Å². The number of pyridine rings is 1. The highest BCUT2D eigenvalue weighted by Crippen LogP contribution is 2.40. The number of hydrogen-bond donors (Lipinski definition) is 2. The largest absolute Gasteiger partial charge is 0.444 e. The zero-order valence-corrected chi connectivity index (χ0v) is 30.9. The van der Waals surface area contributed by atoms with Gasteiger partial charge in [-0.1, -0.05) is 18.2 Å². The number of likely N-dealkylation sites (tertiary alicyclic amines) is 1. The van der Waals surface area contributed by atoms with Crippen molar-refractivity contribution in [1.29, 1.82) is 0 Å². The second kappa shape index (κ2) is 14.0. The molecular formula is C39H40FN7O5S. The molecule has 6 aromatic rings. The van der Waals surface area contributed by atoms with Crippen molar-refractivity contribution in [2.45, 2.75) is 57.1 Å². The molecule has 53 heavy (non-hydrogen) atoms. The van der Waals surface area contributed by atoms with Gasteiger partial charge in [0, 0.05) is 66.4 Å². The van der Waals surface area contributed by atoms with Crippen LogP contribution >= 0.6 is 0 Å². The van der Waals surface area contributed by atoms with Crippen molar-refractivity contribution in [3.8, 4) is 22.9 Å². The average molecular weight is 738 g/mol. The summed E-state index contributed by atoms with van der Waals surface area (Å²) >= 11 is 0. The number of rotatable bonds is 8. The number of amides is 1. The number of aromatic nitrogens is 4. The Morgan fingerprint density at radius 1 is 0.962 bits per heavy atom. The smallest absolute Gasteiger partial charge is 0.410 e. The molecule has 12 nitrogen and oxygen atoms in total. The predicted octanol–water partition coefficient (Wildman–Crippen LogP) is 8.04. The summed E-state index contributed by atoms with van der Waals surface area (Å²) in [5.74, 6) is 0.268. The lowest BCUT2D eigenvalue weighted by atomic mass is 10.0. The molecule has 7 rings (SSSR count). The van der Waals surface area contributed by atoms with Gasteiger partial charge in [-0.2, -0.15) is 0 Å². The van der Waals surface area contributed by atoms with E-state index in [9.17, 15) is 13.2 Å². The van der Waals surface area contributed by atoms with Crippen LogP contribution in [-0.2, 0) is 21.8 Å². The summed E-state index contributed by atoms with van der Waals surface area (Å²) in [5.41, 5.74) is 1.79. The van der Waals surface area contributed by atoms with Gasteiger partial charge in [0.05, 0.1) is 21.8 Å². The van der Waals surface area contributed by atoms with E-state index >= 15 is 4.39 Å². The summed E-state index contributed by atoms with van der Waals surface area (Å²) in [7, 11) is -2.37. The van der Waals surface area contributed by atoms with Crippen LogP contribution in [0.1, 0.15) is 39.2 Å². The number of anilines is 2. The van der Waals surface area contributed by atoms with Crippen LogP contribution in [0.2, 0.25) is 0 Å². The molecular weight excluding hydrogens is 698 g/mol. The number of ether oxygens (including phenoxy) is 2. The van der Waals surface area contributed by atoms with Crippen LogP contribution in [0.3, 0.4) is 0 Å². The zero-order valence-electron chi connectivity index (χ0n) is 30.1. The van der Waals surface area contributed by atoms with E-state index in [-0.39, 0.29) is 28.6 Å². The molecule has 14 heteroatoms. The number of sulfonamides is 1. The van der Waals surface area contributed by atoms with Crippen LogP contribution in [0, 0.1) is 12.7 Å². The maximum absolute atomic E-state index is 15.5. The zero-order chi connectivity index (χ0) is 37.5. The van der Waals surface area contributed by atoms with Crippen molar-refractivity contribution in [2.75, 3.05) is 23.1 Å². The van der Waals surface area contributed by atoms with Crippen LogP contribution in [0.25, 0.3) is 32.9 Å². The van der Waals surface area contributed by atoms with E-state index in [1.54, 1.807) is 66.0 Å². The molecule has 0 radical (unpaired) electrons. The highest BCUT2D eigenvalue weighted by atomic mass is 32.2. The molecule has 3 aromatic carbocycles. The molecule has 3 aromatic heterocycles. The number of piperidine rings is 1. The Kier molecular flexibility index (Phi) is 9.41. The standard InChI is InChI=1S/C39H40FN7O5S/c1-24-13-14-26-27(15-16-30(40)34(26)45-53(49,50)33-12-6-11-32-29(33)18-22-46(32)5)35(24)51-36-28(10-7-19-41-36)31-17-20-42-37(44-31)43-25-9-8-21-47(23-25)38(48)52-39(2,3)4/h6-7,10-20,22,25,45H,8-9,21,23H2,1-5H3,(H,42,43,44)/t25-/m0/s1. The lowest BCUT2D eigenvalue weighted by molar-refractivity contribution is 0.0206. The fraction of sp³-hybridized carbons (Fsp3) is 0.282. The number of carbonyl (C=O) groups is 1. The lowest BCUT2D eigenvalue weighted by Gasteiger charge is -2.34. The Morgan fingerprint density at radius 2 is 1.77 bits per heavy atom. The SMILES string of the molecule is Cc1ccc2c(NS(=O)(=O)c3cccc4c3ccn4C)c(F)ccc2c1Oc1ncccc1-c1ccnc(N[C@H]2CCCN(C(=O)OC(C)(C)C)C2)n1. The van der Waals surface area contributed by atoms with Crippen molar-refractivity contribution in [3.05, 3.63) is 96.7 Å². The Bertz CT molecular complexity index is 2460. The van der Waals surface area contributed by atoms with E-state index in [0.717, 1.165) is 23.9 Å². The van der Waals surface area contributed by atoms with Crippen LogP contribution in [0.5, 0.6) is 11.6 Å². The fourth-order valence-electron chi connectivity index (χ4n) is 6.51. The molecule has 1 aliphatic rings. The number of hydrogen-bond acceptors (Lipinski definition) is 9. The predicted molar refractivity (Wildman–Crippen MR) is 202 cm³/mol. The molecule has 1 saturated heterocycles. The van der Waals surface area contributed by atoms with E-state index < -0.39 is 21.4 Å². The van der Waals surface area contributed by atoms with Crippen molar-refractivity contribution < 1.29 is 27.1 Å². The third kappa shape index (κ3) is 7.45. The number of nitrogens with one attached hydrogen (secondary N) is 2. The van der Waals surface area contributed by atoms with Gasteiger partial charge in [0.15, 0.2) is 0 Å². The Hall–Kier alpha value is -5.76. The van der Waals surface area contributed by atoms with E-state index in [2.05, 4.69) is 20.0 Å². The van der Waals surface area contributed by atoms with Crippen molar-refractivity contribution >= 4 is 49.4 Å². The first-order valence-corrected chi connectivity index (χ1v) is 18.8. The minimum Gasteiger partial charge on any atom is -0.444 e. The number of fused-ring (bicyclic) bond motifs is 2. The summed E-state index contributed by atoms with van der Waals surface area (Å²) in [6.07, 6.45) is 6.29. The second-order valence-corrected chi connectivity index (χ2v) is 15.7. The number of aryl methyl sites for hydroxylation is 2. The van der Waals surface area contributed by atoms with Gasteiger partial charge in [-0.3, -0.25) is 4.72 Å². The van der Waals surface area contributed by atoms with Crippen LogP contribution in [0.15, 0.2) is 90.2 Å². The van der Waals surface area contributed by atoms with Gasteiger partial charge in [0.2, 0.25) is 11.8 Å². The maximum Gasteiger partial charge on any atom is 0.410 e. The normalized spacial score (nSPS) is 15.1. The number of carbonyl (C=O) groups excluding carboxylic acids is 1. The molecule has 1 aliphatic heterocycles. The Labute approximate surface area is 307 Å². The van der Waals surface area contributed by atoms with E-state index in [0.29, 0.717) is 52.2 Å². The molecule has 0 saturated carbocycles. The second-order valence-electron chi connectivity index (χ2n) is 14.1. The maximum atomic E-state index is 15.5. The summed E-state index contributed by atoms with van der Waals surface area (Å²) in [6, 6.07) is 18.1. The lowest BCUT2D eigenvalue weighted by Crippen LogP contribution is -2.47. The van der Waals surface area contributed by atoms with E-state index in [1.165, 1.54) is 12.1 Å². The fourth-order valence-corrected chi connectivity index (χ4v) is 7.82. The van der Waals surface area contributed by atoms with Crippen LogP contribution in [0.4, 0.5) is 20.8 Å². The Balaban J connectivity index is 1.17.